The van der Waals surface area contributed by atoms with Gasteiger partial charge in [0.05, 0.1) is 6.26 Å². The third-order valence-electron chi connectivity index (χ3n) is 2.69. The van der Waals surface area contributed by atoms with Crippen molar-refractivity contribution in [2.45, 2.75) is 12.8 Å². The topological polar surface area (TPSA) is 74.7 Å². The molecule has 0 aromatic rings. The summed E-state index contributed by atoms with van der Waals surface area (Å²) in [5.41, 5.74) is 0.183. The Hall–Kier alpha value is -0.880. The van der Waals surface area contributed by atoms with Gasteiger partial charge in [0.1, 0.15) is 0 Å². The molecule has 0 radical (unpaired) electrons. The maximum Gasteiger partial charge on any atom is 0.331 e. The fraction of sp³-hybridized carbons (Fsp3) is 0.667. The van der Waals surface area contributed by atoms with Crippen LogP contribution in [0.2, 0.25) is 0 Å². The second kappa shape index (κ2) is 4.32. The highest BCUT2D eigenvalue weighted by atomic mass is 32.2. The molecule has 0 aromatic carbocycles. The molecule has 5 nitrogen and oxygen atoms in total. The fourth-order valence-corrected chi connectivity index (χ4v) is 2.58. The standard InChI is InChI=1S/C9H15NO4S/c1-7(9(11)12)8-3-5-10(6-4-8)15(2,13)14/h8H,1,3-6H2,2H3,(H,11,12). The normalized spacial score (nSPS) is 20.1. The van der Waals surface area contributed by atoms with Gasteiger partial charge in [-0.25, -0.2) is 17.5 Å². The van der Waals surface area contributed by atoms with Crippen LogP contribution in [0.3, 0.4) is 0 Å². The molecule has 1 aliphatic heterocycles. The molecule has 0 unspecified atom stereocenters. The Morgan fingerprint density at radius 1 is 1.40 bits per heavy atom. The van der Waals surface area contributed by atoms with Crippen LogP contribution in [0.5, 0.6) is 0 Å². The highest BCUT2D eigenvalue weighted by molar-refractivity contribution is 7.88. The zero-order valence-corrected chi connectivity index (χ0v) is 9.46. The molecule has 1 saturated heterocycles. The van der Waals surface area contributed by atoms with E-state index in [2.05, 4.69) is 6.58 Å². The number of hydrogen-bond donors (Lipinski definition) is 1. The van der Waals surface area contributed by atoms with Gasteiger partial charge in [-0.05, 0) is 18.8 Å². The van der Waals surface area contributed by atoms with Gasteiger partial charge >= 0.3 is 5.97 Å². The first-order valence-corrected chi connectivity index (χ1v) is 6.54. The maximum absolute atomic E-state index is 11.2. The van der Waals surface area contributed by atoms with Crippen molar-refractivity contribution in [3.8, 4) is 0 Å². The fourth-order valence-electron chi connectivity index (χ4n) is 1.71. The van der Waals surface area contributed by atoms with Gasteiger partial charge in [0.25, 0.3) is 0 Å². The molecule has 0 amide bonds. The molecule has 15 heavy (non-hydrogen) atoms. The van der Waals surface area contributed by atoms with Crippen LogP contribution in [-0.2, 0) is 14.8 Å². The monoisotopic (exact) mass is 233 g/mol. The molecule has 6 heteroatoms. The Balaban J connectivity index is 2.57. The van der Waals surface area contributed by atoms with Crippen LogP contribution in [0.1, 0.15) is 12.8 Å². The first-order chi connectivity index (χ1) is 6.82. The first-order valence-electron chi connectivity index (χ1n) is 4.69. The van der Waals surface area contributed by atoms with E-state index in [0.29, 0.717) is 25.9 Å². The smallest absolute Gasteiger partial charge is 0.331 e. The molecule has 0 bridgehead atoms. The second-order valence-corrected chi connectivity index (χ2v) is 5.75. The minimum atomic E-state index is -3.14. The third kappa shape index (κ3) is 3.04. The minimum Gasteiger partial charge on any atom is -0.478 e. The van der Waals surface area contributed by atoms with Crippen LogP contribution in [0, 0.1) is 5.92 Å². The Morgan fingerprint density at radius 3 is 2.20 bits per heavy atom. The van der Waals surface area contributed by atoms with E-state index in [1.165, 1.54) is 10.6 Å². The largest absolute Gasteiger partial charge is 0.478 e. The highest BCUT2D eigenvalue weighted by Crippen LogP contribution is 2.24. The summed E-state index contributed by atoms with van der Waals surface area (Å²) >= 11 is 0. The number of sulfonamides is 1. The third-order valence-corrected chi connectivity index (χ3v) is 3.99. The number of carboxylic acid groups (broad SMARTS) is 1. The number of carboxylic acids is 1. The van der Waals surface area contributed by atoms with Gasteiger partial charge < -0.3 is 5.11 Å². The Morgan fingerprint density at radius 2 is 1.87 bits per heavy atom. The molecule has 1 heterocycles. The van der Waals surface area contributed by atoms with E-state index in [9.17, 15) is 13.2 Å². The van der Waals surface area contributed by atoms with Crippen molar-refractivity contribution in [2.75, 3.05) is 19.3 Å². The number of aliphatic carboxylic acids is 1. The molecular weight excluding hydrogens is 218 g/mol. The van der Waals surface area contributed by atoms with E-state index in [1.54, 1.807) is 0 Å². The van der Waals surface area contributed by atoms with Crippen molar-refractivity contribution in [1.82, 2.24) is 4.31 Å². The summed E-state index contributed by atoms with van der Waals surface area (Å²) in [5, 5.41) is 8.73. The van der Waals surface area contributed by atoms with E-state index >= 15 is 0 Å². The predicted molar refractivity (Wildman–Crippen MR) is 55.9 cm³/mol. The molecule has 1 aliphatic rings. The summed E-state index contributed by atoms with van der Waals surface area (Å²) in [6, 6.07) is 0. The van der Waals surface area contributed by atoms with E-state index < -0.39 is 16.0 Å². The van der Waals surface area contributed by atoms with Crippen molar-refractivity contribution in [1.29, 1.82) is 0 Å². The molecule has 1 rings (SSSR count). The molecule has 0 atom stereocenters. The zero-order valence-electron chi connectivity index (χ0n) is 8.64. The predicted octanol–water partition coefficient (Wildman–Crippen LogP) is 0.299. The molecule has 0 spiro atoms. The van der Waals surface area contributed by atoms with Gasteiger partial charge in [0.2, 0.25) is 10.0 Å². The van der Waals surface area contributed by atoms with Crippen LogP contribution < -0.4 is 0 Å². The van der Waals surface area contributed by atoms with Gasteiger partial charge in [0.15, 0.2) is 0 Å². The summed E-state index contributed by atoms with van der Waals surface area (Å²) in [6.07, 6.45) is 2.25. The van der Waals surface area contributed by atoms with Crippen molar-refractivity contribution in [3.05, 3.63) is 12.2 Å². The number of nitrogens with zero attached hydrogens (tertiary/aromatic N) is 1. The molecule has 1 fully saturated rings. The average Bonchev–Trinajstić information content (AvgIpc) is 2.15. The van der Waals surface area contributed by atoms with Gasteiger partial charge in [-0.2, -0.15) is 0 Å². The number of carbonyl (C=O) groups is 1. The minimum absolute atomic E-state index is 0.0968. The highest BCUT2D eigenvalue weighted by Gasteiger charge is 2.28. The van der Waals surface area contributed by atoms with Crippen molar-refractivity contribution >= 4 is 16.0 Å². The van der Waals surface area contributed by atoms with Crippen LogP contribution in [0.15, 0.2) is 12.2 Å². The maximum atomic E-state index is 11.2. The Kier molecular flexibility index (Phi) is 3.51. The lowest BCUT2D eigenvalue weighted by Gasteiger charge is -2.30. The number of rotatable bonds is 3. The van der Waals surface area contributed by atoms with Crippen LogP contribution in [0.25, 0.3) is 0 Å². The van der Waals surface area contributed by atoms with Crippen LogP contribution in [-0.4, -0.2) is 43.1 Å². The summed E-state index contributed by atoms with van der Waals surface area (Å²) in [7, 11) is -3.14. The molecule has 0 aromatic heterocycles. The van der Waals surface area contributed by atoms with Crippen molar-refractivity contribution in [3.63, 3.8) is 0 Å². The SMILES string of the molecule is C=C(C(=O)O)C1CCN(S(C)(=O)=O)CC1. The van der Waals surface area contributed by atoms with Gasteiger partial charge in [0, 0.05) is 18.7 Å². The van der Waals surface area contributed by atoms with Crippen molar-refractivity contribution < 1.29 is 18.3 Å². The van der Waals surface area contributed by atoms with Gasteiger partial charge in [-0.1, -0.05) is 6.58 Å². The number of piperidine rings is 1. The summed E-state index contributed by atoms with van der Waals surface area (Å²) in [6.45, 7) is 4.27. The Labute approximate surface area is 89.4 Å². The summed E-state index contributed by atoms with van der Waals surface area (Å²) < 4.78 is 23.7. The number of hydrogen-bond acceptors (Lipinski definition) is 3. The lowest BCUT2D eigenvalue weighted by molar-refractivity contribution is -0.133. The summed E-state index contributed by atoms with van der Waals surface area (Å²) in [4.78, 5) is 10.6. The lowest BCUT2D eigenvalue weighted by Crippen LogP contribution is -2.38. The van der Waals surface area contributed by atoms with E-state index in [0.717, 1.165) is 0 Å². The lowest BCUT2D eigenvalue weighted by atomic mass is 9.91. The van der Waals surface area contributed by atoms with Crippen LogP contribution in [0.4, 0.5) is 0 Å². The second-order valence-electron chi connectivity index (χ2n) is 3.77. The molecule has 86 valence electrons. The molecule has 1 N–H and O–H groups in total. The average molecular weight is 233 g/mol. The molecular formula is C9H15NO4S. The Bertz CT molecular complexity index is 366. The van der Waals surface area contributed by atoms with Gasteiger partial charge in [-0.3, -0.25) is 0 Å². The van der Waals surface area contributed by atoms with Crippen molar-refractivity contribution in [2.24, 2.45) is 5.92 Å². The molecule has 0 saturated carbocycles. The van der Waals surface area contributed by atoms with Gasteiger partial charge in [-0.15, -0.1) is 0 Å². The first kappa shape index (κ1) is 12.2. The molecule has 0 aliphatic carbocycles. The van der Waals surface area contributed by atoms with E-state index in [1.807, 2.05) is 0 Å². The van der Waals surface area contributed by atoms with Crippen LogP contribution >= 0.6 is 0 Å². The quantitative estimate of drug-likeness (QED) is 0.711. The summed E-state index contributed by atoms with van der Waals surface area (Å²) in [5.74, 6) is -1.09. The van der Waals surface area contributed by atoms with E-state index in [4.69, 9.17) is 5.11 Å². The zero-order chi connectivity index (χ0) is 11.6. The van der Waals surface area contributed by atoms with E-state index in [-0.39, 0.29) is 11.5 Å².